The predicted molar refractivity (Wildman–Crippen MR) is 30.9 cm³/mol. The van der Waals surface area contributed by atoms with Crippen molar-refractivity contribution in [2.45, 2.75) is 6.18 Å². The monoisotopic (exact) mass is 183 g/mol. The standard InChI is InChI=1S/C4H4F3N3O2/c5-4(6,7)2-9-10(1-12-2)3(8)11/h1H2,(H2,8,11). The van der Waals surface area contributed by atoms with E-state index < -0.39 is 24.8 Å². The largest absolute Gasteiger partial charge is 0.470 e. The molecule has 8 heteroatoms. The van der Waals surface area contributed by atoms with Crippen molar-refractivity contribution in [3.8, 4) is 0 Å². The highest BCUT2D eigenvalue weighted by Gasteiger charge is 2.42. The number of carbonyl (C=O) groups excluding carboxylic acids is 1. The van der Waals surface area contributed by atoms with E-state index in [1.807, 2.05) is 0 Å². The van der Waals surface area contributed by atoms with Crippen LogP contribution in [0.3, 0.4) is 0 Å². The molecule has 0 saturated heterocycles. The highest BCUT2D eigenvalue weighted by Crippen LogP contribution is 2.21. The Morgan fingerprint density at radius 2 is 2.25 bits per heavy atom. The lowest BCUT2D eigenvalue weighted by Gasteiger charge is -2.02. The Kier molecular flexibility index (Phi) is 1.82. The molecule has 0 spiro atoms. The molecule has 0 aliphatic carbocycles. The molecule has 0 fully saturated rings. The molecule has 0 unspecified atom stereocenters. The van der Waals surface area contributed by atoms with Crippen LogP contribution in [0.5, 0.6) is 0 Å². The van der Waals surface area contributed by atoms with Crippen molar-refractivity contribution < 1.29 is 22.7 Å². The zero-order chi connectivity index (χ0) is 9.35. The number of carbonyl (C=O) groups is 1. The van der Waals surface area contributed by atoms with Crippen molar-refractivity contribution in [3.05, 3.63) is 0 Å². The molecule has 1 aliphatic heterocycles. The first kappa shape index (κ1) is 8.62. The molecule has 0 aromatic carbocycles. The number of alkyl halides is 3. The van der Waals surface area contributed by atoms with Crippen LogP contribution < -0.4 is 5.73 Å². The maximum atomic E-state index is 11.8. The van der Waals surface area contributed by atoms with Crippen molar-refractivity contribution in [1.82, 2.24) is 5.01 Å². The van der Waals surface area contributed by atoms with E-state index in [2.05, 4.69) is 15.6 Å². The number of nitrogens with zero attached hydrogens (tertiary/aromatic N) is 2. The molecule has 2 amide bonds. The van der Waals surface area contributed by atoms with Crippen molar-refractivity contribution >= 4 is 11.9 Å². The van der Waals surface area contributed by atoms with Crippen LogP contribution in [0.1, 0.15) is 0 Å². The number of hydrogen-bond acceptors (Lipinski definition) is 3. The van der Waals surface area contributed by atoms with Crippen LogP contribution >= 0.6 is 0 Å². The number of ether oxygens (including phenoxy) is 1. The van der Waals surface area contributed by atoms with Gasteiger partial charge in [-0.3, -0.25) is 0 Å². The maximum absolute atomic E-state index is 11.8. The molecule has 0 saturated carbocycles. The fourth-order valence-corrected chi connectivity index (χ4v) is 0.541. The molecule has 0 aromatic rings. The Labute approximate surface area is 64.6 Å². The molecule has 1 rings (SSSR count). The van der Waals surface area contributed by atoms with Crippen molar-refractivity contribution in [2.75, 3.05) is 6.73 Å². The molecule has 2 N–H and O–H groups in total. The maximum Gasteiger partial charge on any atom is 0.470 e. The first-order chi connectivity index (χ1) is 5.41. The number of rotatable bonds is 0. The lowest BCUT2D eigenvalue weighted by molar-refractivity contribution is -0.0757. The summed E-state index contributed by atoms with van der Waals surface area (Å²) in [5.41, 5.74) is 4.64. The first-order valence-corrected chi connectivity index (χ1v) is 2.77. The normalized spacial score (nSPS) is 17.2. The summed E-state index contributed by atoms with van der Waals surface area (Å²) in [7, 11) is 0. The molecule has 0 atom stereocenters. The molecule has 5 nitrogen and oxygen atoms in total. The van der Waals surface area contributed by atoms with Crippen molar-refractivity contribution in [1.29, 1.82) is 0 Å². The van der Waals surface area contributed by atoms with E-state index in [4.69, 9.17) is 0 Å². The average Bonchev–Trinajstić information content (AvgIpc) is 2.30. The minimum atomic E-state index is -4.68. The van der Waals surface area contributed by atoms with Gasteiger partial charge >= 0.3 is 18.1 Å². The van der Waals surface area contributed by atoms with Crippen LogP contribution in [-0.4, -0.2) is 29.8 Å². The Bertz CT molecular complexity index is 236. The number of halogens is 3. The Hall–Kier alpha value is -1.47. The third kappa shape index (κ3) is 1.57. The Morgan fingerprint density at radius 1 is 1.67 bits per heavy atom. The van der Waals surface area contributed by atoms with Gasteiger partial charge in [0.25, 0.3) is 0 Å². The molecule has 0 bridgehead atoms. The number of amides is 2. The van der Waals surface area contributed by atoms with Gasteiger partial charge in [0.2, 0.25) is 0 Å². The second kappa shape index (κ2) is 2.54. The highest BCUT2D eigenvalue weighted by atomic mass is 19.4. The van der Waals surface area contributed by atoms with Crippen LogP contribution in [-0.2, 0) is 4.74 Å². The zero-order valence-corrected chi connectivity index (χ0v) is 5.63. The van der Waals surface area contributed by atoms with Gasteiger partial charge in [0, 0.05) is 0 Å². The summed E-state index contributed by atoms with van der Waals surface area (Å²) in [4.78, 5) is 10.3. The summed E-state index contributed by atoms with van der Waals surface area (Å²) < 4.78 is 39.3. The molecular weight excluding hydrogens is 179 g/mol. The summed E-state index contributed by atoms with van der Waals surface area (Å²) in [6, 6.07) is -1.09. The van der Waals surface area contributed by atoms with Gasteiger partial charge in [-0.05, 0) is 0 Å². The highest BCUT2D eigenvalue weighted by molar-refractivity contribution is 5.85. The minimum Gasteiger partial charge on any atom is -0.450 e. The van der Waals surface area contributed by atoms with Crippen LogP contribution in [0, 0.1) is 0 Å². The Balaban J connectivity index is 2.73. The van der Waals surface area contributed by atoms with E-state index in [-0.39, 0.29) is 0 Å². The van der Waals surface area contributed by atoms with Crippen LogP contribution in [0.25, 0.3) is 0 Å². The number of hydrazone groups is 1. The van der Waals surface area contributed by atoms with Crippen molar-refractivity contribution in [2.24, 2.45) is 10.8 Å². The summed E-state index contributed by atoms with van der Waals surface area (Å²) in [6.07, 6.45) is -4.68. The summed E-state index contributed by atoms with van der Waals surface area (Å²) in [5, 5.41) is 3.16. The lowest BCUT2D eigenvalue weighted by atomic mass is 10.6. The lowest BCUT2D eigenvalue weighted by Crippen LogP contribution is -2.29. The van der Waals surface area contributed by atoms with E-state index in [1.165, 1.54) is 0 Å². The van der Waals surface area contributed by atoms with E-state index in [0.717, 1.165) is 0 Å². The van der Waals surface area contributed by atoms with Gasteiger partial charge in [-0.25, -0.2) is 4.79 Å². The van der Waals surface area contributed by atoms with Gasteiger partial charge in [0.15, 0.2) is 6.73 Å². The molecule has 1 aliphatic rings. The number of nitrogens with two attached hydrogens (primary N) is 1. The molecule has 12 heavy (non-hydrogen) atoms. The average molecular weight is 183 g/mol. The number of urea groups is 1. The van der Waals surface area contributed by atoms with Gasteiger partial charge < -0.3 is 10.5 Å². The van der Waals surface area contributed by atoms with Gasteiger partial charge in [0.1, 0.15) is 0 Å². The second-order valence-electron chi connectivity index (χ2n) is 1.91. The third-order valence-corrected chi connectivity index (χ3v) is 1.03. The van der Waals surface area contributed by atoms with Gasteiger partial charge in [-0.15, -0.1) is 5.10 Å². The quantitative estimate of drug-likeness (QED) is 0.584. The topological polar surface area (TPSA) is 67.9 Å². The van der Waals surface area contributed by atoms with Gasteiger partial charge in [-0.2, -0.15) is 18.2 Å². The zero-order valence-electron chi connectivity index (χ0n) is 5.63. The van der Waals surface area contributed by atoms with E-state index in [9.17, 15) is 18.0 Å². The molecule has 68 valence electrons. The second-order valence-corrected chi connectivity index (χ2v) is 1.91. The smallest absolute Gasteiger partial charge is 0.450 e. The number of hydrogen-bond donors (Lipinski definition) is 1. The molecule has 0 radical (unpaired) electrons. The minimum absolute atomic E-state index is 0.378. The third-order valence-electron chi connectivity index (χ3n) is 1.03. The molecular formula is C4H4F3N3O2. The van der Waals surface area contributed by atoms with E-state index in [1.54, 1.807) is 0 Å². The van der Waals surface area contributed by atoms with E-state index >= 15 is 0 Å². The molecule has 1 heterocycles. The first-order valence-electron chi connectivity index (χ1n) is 2.77. The van der Waals surface area contributed by atoms with Crippen molar-refractivity contribution in [3.63, 3.8) is 0 Å². The SMILES string of the molecule is NC(=O)N1COC(C(F)(F)F)=N1. The summed E-state index contributed by atoms with van der Waals surface area (Å²) in [5.74, 6) is -1.46. The van der Waals surface area contributed by atoms with Gasteiger partial charge in [0.05, 0.1) is 0 Å². The Morgan fingerprint density at radius 3 is 2.50 bits per heavy atom. The van der Waals surface area contributed by atoms with Gasteiger partial charge in [-0.1, -0.05) is 0 Å². The van der Waals surface area contributed by atoms with Crippen LogP contribution in [0.15, 0.2) is 5.10 Å². The molecule has 0 aromatic heterocycles. The fraction of sp³-hybridized carbons (Fsp3) is 0.500. The predicted octanol–water partition coefficient (Wildman–Crippen LogP) is 0.231. The summed E-state index contributed by atoms with van der Waals surface area (Å²) >= 11 is 0. The number of primary amides is 1. The van der Waals surface area contributed by atoms with Crippen LogP contribution in [0.4, 0.5) is 18.0 Å². The fourth-order valence-electron chi connectivity index (χ4n) is 0.541. The van der Waals surface area contributed by atoms with E-state index in [0.29, 0.717) is 5.01 Å². The summed E-state index contributed by atoms with van der Waals surface area (Å²) in [6.45, 7) is -0.593. The van der Waals surface area contributed by atoms with Crippen LogP contribution in [0.2, 0.25) is 0 Å².